The standard InChI is InChI=1S/C7H8.C6H6O.BF4.Rh/c1-2-7-4-3-6(1)5-7;7-6-4-2-1-3-5-6;2-1(3,4)5;/h1-4,6-7H,5H2;1-5,7H;;/q;;-1;. The van der Waals surface area contributed by atoms with Gasteiger partial charge < -0.3 is 22.4 Å². The fourth-order valence-electron chi connectivity index (χ4n) is 1.76. The van der Waals surface area contributed by atoms with E-state index in [1.807, 2.05) is 6.07 Å². The second-order valence-corrected chi connectivity index (χ2v) is 4.16. The van der Waals surface area contributed by atoms with Crippen LogP contribution >= 0.6 is 0 Å². The van der Waals surface area contributed by atoms with Gasteiger partial charge in [0.2, 0.25) is 0 Å². The first-order chi connectivity index (χ1) is 8.84. The summed E-state index contributed by atoms with van der Waals surface area (Å²) in [4.78, 5) is 0. The number of fused-ring (bicyclic) bond motifs is 2. The van der Waals surface area contributed by atoms with Gasteiger partial charge in [0.15, 0.2) is 0 Å². The number of phenolic OH excluding ortho intramolecular Hbond substituents is 1. The van der Waals surface area contributed by atoms with E-state index in [1.165, 1.54) is 6.42 Å². The van der Waals surface area contributed by atoms with E-state index in [0.29, 0.717) is 5.75 Å². The molecule has 2 aliphatic carbocycles. The predicted octanol–water partition coefficient (Wildman–Crippen LogP) is 4.44. The second-order valence-electron chi connectivity index (χ2n) is 4.16. The molecule has 1 radical (unpaired) electrons. The normalized spacial score (nSPS) is 21.2. The first-order valence-corrected chi connectivity index (χ1v) is 5.82. The second kappa shape index (κ2) is 8.96. The van der Waals surface area contributed by atoms with E-state index in [4.69, 9.17) is 5.11 Å². The number of halogens is 4. The van der Waals surface area contributed by atoms with Crippen molar-refractivity contribution in [2.24, 2.45) is 11.8 Å². The van der Waals surface area contributed by atoms with Gasteiger partial charge in [0.05, 0.1) is 0 Å². The van der Waals surface area contributed by atoms with Crippen LogP contribution in [0.4, 0.5) is 17.3 Å². The molecule has 0 fully saturated rings. The van der Waals surface area contributed by atoms with Crippen LogP contribution in [0.25, 0.3) is 0 Å². The molecule has 1 N–H and O–H groups in total. The van der Waals surface area contributed by atoms with E-state index in [9.17, 15) is 17.3 Å². The third-order valence-electron chi connectivity index (χ3n) is 2.51. The van der Waals surface area contributed by atoms with E-state index < -0.39 is 7.25 Å². The molecule has 2 aliphatic rings. The Kier molecular flexibility index (Phi) is 8.47. The van der Waals surface area contributed by atoms with Gasteiger partial charge in [-0.25, -0.2) is 0 Å². The SMILES string of the molecule is C1=CC2C=CC1C2.F[B-](F)(F)F.Oc1ccccc1.[Rh]. The summed E-state index contributed by atoms with van der Waals surface area (Å²) >= 11 is 0. The van der Waals surface area contributed by atoms with Crippen LogP contribution in [0.2, 0.25) is 0 Å². The van der Waals surface area contributed by atoms with Crippen molar-refractivity contribution in [1.29, 1.82) is 0 Å². The molecule has 0 aliphatic heterocycles. The molecule has 1 aromatic carbocycles. The minimum Gasteiger partial charge on any atom is -0.508 e. The Bertz CT molecular complexity index is 400. The average molecular weight is 376 g/mol. The van der Waals surface area contributed by atoms with Gasteiger partial charge in [-0.1, -0.05) is 42.5 Å². The van der Waals surface area contributed by atoms with Crippen LogP contribution in [0.5, 0.6) is 5.75 Å². The number of hydrogen-bond acceptors (Lipinski definition) is 1. The van der Waals surface area contributed by atoms with Gasteiger partial charge in [-0.15, -0.1) is 0 Å². The minimum atomic E-state index is -6.00. The van der Waals surface area contributed by atoms with Crippen LogP contribution in [0.1, 0.15) is 6.42 Å². The van der Waals surface area contributed by atoms with Crippen molar-refractivity contribution in [2.75, 3.05) is 0 Å². The van der Waals surface area contributed by atoms with E-state index >= 15 is 0 Å². The van der Waals surface area contributed by atoms with Crippen LogP contribution in [-0.2, 0) is 19.5 Å². The Balaban J connectivity index is 0.000000270. The summed E-state index contributed by atoms with van der Waals surface area (Å²) in [5.74, 6) is 1.94. The maximum Gasteiger partial charge on any atom is 0.673 e. The minimum absolute atomic E-state index is 0. The number of phenols is 1. The first-order valence-electron chi connectivity index (χ1n) is 5.82. The van der Waals surface area contributed by atoms with Crippen molar-refractivity contribution < 1.29 is 41.8 Å². The summed E-state index contributed by atoms with van der Waals surface area (Å²) in [5.41, 5.74) is 0. The molecule has 0 saturated heterocycles. The van der Waals surface area contributed by atoms with Crippen LogP contribution in [-0.4, -0.2) is 12.4 Å². The van der Waals surface area contributed by atoms with Crippen molar-refractivity contribution in [3.05, 3.63) is 54.6 Å². The van der Waals surface area contributed by atoms with Gasteiger partial charge in [0, 0.05) is 19.5 Å². The summed E-state index contributed by atoms with van der Waals surface area (Å²) in [6.45, 7) is 0. The summed E-state index contributed by atoms with van der Waals surface area (Å²) < 4.78 is 39.0. The molecule has 2 bridgehead atoms. The van der Waals surface area contributed by atoms with Gasteiger partial charge in [0.25, 0.3) is 0 Å². The molecule has 1 aromatic rings. The molecule has 0 amide bonds. The van der Waals surface area contributed by atoms with E-state index in [-0.39, 0.29) is 19.5 Å². The van der Waals surface area contributed by atoms with Crippen molar-refractivity contribution in [3.63, 3.8) is 0 Å². The first kappa shape index (κ1) is 18.9. The predicted molar refractivity (Wildman–Crippen MR) is 68.2 cm³/mol. The van der Waals surface area contributed by atoms with E-state index in [2.05, 4.69) is 24.3 Å². The van der Waals surface area contributed by atoms with Gasteiger partial charge in [-0.05, 0) is 30.4 Å². The Morgan fingerprint density at radius 2 is 1.20 bits per heavy atom. The number of allylic oxidation sites excluding steroid dienone is 4. The summed E-state index contributed by atoms with van der Waals surface area (Å²) in [6.07, 6.45) is 10.5. The molecule has 0 saturated carbocycles. The van der Waals surface area contributed by atoms with E-state index in [0.717, 1.165) is 11.8 Å². The molecule has 0 spiro atoms. The smallest absolute Gasteiger partial charge is 0.508 e. The molecule has 0 atom stereocenters. The number of aromatic hydroxyl groups is 1. The van der Waals surface area contributed by atoms with Crippen molar-refractivity contribution in [3.8, 4) is 5.75 Å². The van der Waals surface area contributed by atoms with Crippen molar-refractivity contribution >= 4 is 7.25 Å². The molecule has 113 valence electrons. The van der Waals surface area contributed by atoms with Crippen LogP contribution in [0, 0.1) is 11.8 Å². The molecular weight excluding hydrogens is 362 g/mol. The fraction of sp³-hybridized carbons (Fsp3) is 0.231. The quantitative estimate of drug-likeness (QED) is 0.404. The van der Waals surface area contributed by atoms with Crippen LogP contribution in [0.3, 0.4) is 0 Å². The maximum absolute atomic E-state index is 9.75. The van der Waals surface area contributed by atoms with E-state index in [1.54, 1.807) is 24.3 Å². The maximum atomic E-state index is 9.75. The van der Waals surface area contributed by atoms with Gasteiger partial charge in [-0.2, -0.15) is 0 Å². The monoisotopic (exact) mass is 376 g/mol. The Morgan fingerprint density at radius 3 is 1.35 bits per heavy atom. The average Bonchev–Trinajstić information content (AvgIpc) is 2.92. The third-order valence-corrected chi connectivity index (χ3v) is 2.51. The molecule has 0 aromatic heterocycles. The Labute approximate surface area is 128 Å². The van der Waals surface area contributed by atoms with Crippen molar-refractivity contribution in [2.45, 2.75) is 6.42 Å². The summed E-state index contributed by atoms with van der Waals surface area (Å²) in [5, 5.41) is 8.63. The van der Waals surface area contributed by atoms with Gasteiger partial charge in [0.1, 0.15) is 5.75 Å². The number of hydrogen-bond donors (Lipinski definition) is 1. The molecule has 20 heavy (non-hydrogen) atoms. The van der Waals surface area contributed by atoms with Crippen molar-refractivity contribution in [1.82, 2.24) is 0 Å². The van der Waals surface area contributed by atoms with Gasteiger partial charge in [-0.3, -0.25) is 0 Å². The Hall–Kier alpha value is -1.09. The summed E-state index contributed by atoms with van der Waals surface area (Å²) in [7, 11) is -6.00. The number of para-hydroxylation sites is 1. The molecule has 1 nitrogen and oxygen atoms in total. The topological polar surface area (TPSA) is 20.2 Å². The molecule has 7 heteroatoms. The van der Waals surface area contributed by atoms with Crippen LogP contribution < -0.4 is 0 Å². The zero-order valence-corrected chi connectivity index (χ0v) is 12.1. The fourth-order valence-corrected chi connectivity index (χ4v) is 1.76. The summed E-state index contributed by atoms with van der Waals surface area (Å²) in [6, 6.07) is 8.71. The molecular formula is C13H14BF4ORh-. The molecule has 3 rings (SSSR count). The Morgan fingerprint density at radius 1 is 0.850 bits per heavy atom. The number of benzene rings is 1. The zero-order valence-electron chi connectivity index (χ0n) is 10.4. The molecule has 0 heterocycles. The molecule has 0 unspecified atom stereocenters. The largest absolute Gasteiger partial charge is 0.673 e. The zero-order chi connectivity index (χ0) is 14.3. The third kappa shape index (κ3) is 9.79. The van der Waals surface area contributed by atoms with Crippen LogP contribution in [0.15, 0.2) is 54.6 Å². The van der Waals surface area contributed by atoms with Gasteiger partial charge >= 0.3 is 7.25 Å². The number of rotatable bonds is 0.